The van der Waals surface area contributed by atoms with E-state index in [0.29, 0.717) is 13.0 Å². The summed E-state index contributed by atoms with van der Waals surface area (Å²) in [6, 6.07) is 2.52. The molecule has 1 atom stereocenters. The fraction of sp³-hybridized carbons (Fsp3) is 0.647. The summed E-state index contributed by atoms with van der Waals surface area (Å²) in [5.74, 6) is -0.391. The Balaban J connectivity index is 1.92. The summed E-state index contributed by atoms with van der Waals surface area (Å²) in [5.41, 5.74) is 0. The molecule has 0 bridgehead atoms. The summed E-state index contributed by atoms with van der Waals surface area (Å²) in [7, 11) is 0. The van der Waals surface area contributed by atoms with Crippen molar-refractivity contribution in [3.8, 4) is 0 Å². The van der Waals surface area contributed by atoms with E-state index in [9.17, 15) is 14.7 Å². The van der Waals surface area contributed by atoms with Gasteiger partial charge in [0.2, 0.25) is 0 Å². The van der Waals surface area contributed by atoms with Gasteiger partial charge in [0, 0.05) is 0 Å². The largest absolute Gasteiger partial charge is 0.480 e. The maximum absolute atomic E-state index is 12.2. The summed E-state index contributed by atoms with van der Waals surface area (Å²) in [5, 5.41) is 11.7. The number of carboxylic acids is 1. The Morgan fingerprint density at radius 2 is 1.96 bits per heavy atom. The highest BCUT2D eigenvalue weighted by molar-refractivity contribution is 5.94. The molecule has 1 aromatic heterocycles. The average Bonchev–Trinajstić information content (AvgIpc) is 2.95. The van der Waals surface area contributed by atoms with Crippen LogP contribution in [0.3, 0.4) is 0 Å². The molecule has 1 fully saturated rings. The van der Waals surface area contributed by atoms with Crippen molar-refractivity contribution in [2.75, 3.05) is 13.1 Å². The summed E-state index contributed by atoms with van der Waals surface area (Å²) >= 11 is 0. The van der Waals surface area contributed by atoms with Crippen molar-refractivity contribution < 1.29 is 19.1 Å². The van der Waals surface area contributed by atoms with Gasteiger partial charge in [-0.25, -0.2) is 4.79 Å². The third-order valence-corrected chi connectivity index (χ3v) is 4.02. The van der Waals surface area contributed by atoms with Gasteiger partial charge in [0.1, 0.15) is 11.8 Å². The molecule has 2 N–H and O–H groups in total. The molecule has 2 rings (SSSR count). The molecule has 0 radical (unpaired) electrons. The molecule has 6 nitrogen and oxygen atoms in total. The fourth-order valence-corrected chi connectivity index (χ4v) is 2.85. The lowest BCUT2D eigenvalue weighted by Gasteiger charge is -2.25. The zero-order chi connectivity index (χ0) is 16.8. The maximum Gasteiger partial charge on any atom is 0.326 e. The number of nitrogens with one attached hydrogen (secondary N) is 1. The van der Waals surface area contributed by atoms with Gasteiger partial charge in [-0.2, -0.15) is 0 Å². The minimum atomic E-state index is -1.02. The molecular weight excluding hydrogens is 296 g/mol. The van der Waals surface area contributed by atoms with E-state index in [0.717, 1.165) is 18.8 Å². The van der Waals surface area contributed by atoms with Crippen molar-refractivity contribution in [2.24, 2.45) is 5.92 Å². The molecule has 1 saturated heterocycles. The van der Waals surface area contributed by atoms with E-state index < -0.39 is 17.9 Å². The normalized spacial score (nSPS) is 17.2. The van der Waals surface area contributed by atoms with E-state index in [-0.39, 0.29) is 11.7 Å². The molecule has 128 valence electrons. The van der Waals surface area contributed by atoms with Gasteiger partial charge in [-0.05, 0) is 50.4 Å². The molecule has 1 aliphatic heterocycles. The van der Waals surface area contributed by atoms with E-state index in [2.05, 4.69) is 10.2 Å². The summed E-state index contributed by atoms with van der Waals surface area (Å²) in [4.78, 5) is 25.7. The number of carbonyl (C=O) groups excluding carboxylic acids is 1. The number of furan rings is 1. The summed E-state index contributed by atoms with van der Waals surface area (Å²) in [6.07, 6.45) is 4.06. The Labute approximate surface area is 136 Å². The second-order valence-corrected chi connectivity index (χ2v) is 6.60. The molecule has 1 unspecified atom stereocenters. The fourth-order valence-electron chi connectivity index (χ4n) is 2.85. The number of hydrogen-bond acceptors (Lipinski definition) is 4. The van der Waals surface area contributed by atoms with Gasteiger partial charge in [0.25, 0.3) is 5.91 Å². The molecule has 0 spiro atoms. The average molecular weight is 322 g/mol. The van der Waals surface area contributed by atoms with Crippen LogP contribution in [0.1, 0.15) is 55.8 Å². The zero-order valence-corrected chi connectivity index (χ0v) is 13.9. The number of piperidine rings is 1. The van der Waals surface area contributed by atoms with Crippen molar-refractivity contribution in [1.29, 1.82) is 0 Å². The van der Waals surface area contributed by atoms with Crippen molar-refractivity contribution in [3.63, 3.8) is 0 Å². The van der Waals surface area contributed by atoms with Gasteiger partial charge in [-0.15, -0.1) is 0 Å². The van der Waals surface area contributed by atoms with Crippen LogP contribution in [0.25, 0.3) is 0 Å². The van der Waals surface area contributed by atoms with Crippen molar-refractivity contribution in [3.05, 3.63) is 23.7 Å². The zero-order valence-electron chi connectivity index (χ0n) is 13.9. The number of aliphatic carboxylic acids is 1. The number of amides is 1. The van der Waals surface area contributed by atoms with Gasteiger partial charge in [-0.3, -0.25) is 9.69 Å². The standard InChI is InChI=1S/C17H26N2O4/c1-12(2)10-14(17(21)22)18-16(20)15-7-6-13(23-15)11-19-8-4-3-5-9-19/h6-7,12,14H,3-5,8-11H2,1-2H3,(H,18,20)(H,21,22). The number of hydrogen-bond donors (Lipinski definition) is 2. The van der Waals surface area contributed by atoms with E-state index in [1.165, 1.54) is 19.3 Å². The molecule has 0 saturated carbocycles. The molecule has 0 aromatic carbocycles. The summed E-state index contributed by atoms with van der Waals surface area (Å²) < 4.78 is 5.59. The first-order valence-electron chi connectivity index (χ1n) is 8.30. The monoisotopic (exact) mass is 322 g/mol. The van der Waals surface area contributed by atoms with Crippen molar-refractivity contribution in [2.45, 2.75) is 52.1 Å². The Bertz CT molecular complexity index is 532. The number of likely N-dealkylation sites (tertiary alicyclic amines) is 1. The highest BCUT2D eigenvalue weighted by atomic mass is 16.4. The Kier molecular flexibility index (Phi) is 6.21. The molecular formula is C17H26N2O4. The molecule has 1 aliphatic rings. The molecule has 0 aliphatic carbocycles. The van der Waals surface area contributed by atoms with Crippen LogP contribution in [-0.2, 0) is 11.3 Å². The van der Waals surface area contributed by atoms with Crippen LogP contribution in [0.5, 0.6) is 0 Å². The van der Waals surface area contributed by atoms with Gasteiger partial charge < -0.3 is 14.8 Å². The number of carbonyl (C=O) groups is 2. The Morgan fingerprint density at radius 1 is 1.26 bits per heavy atom. The predicted molar refractivity (Wildman–Crippen MR) is 86.2 cm³/mol. The van der Waals surface area contributed by atoms with E-state index in [1.807, 2.05) is 13.8 Å². The van der Waals surface area contributed by atoms with Crippen LogP contribution in [0.15, 0.2) is 16.5 Å². The lowest BCUT2D eigenvalue weighted by molar-refractivity contribution is -0.139. The van der Waals surface area contributed by atoms with Crippen LogP contribution in [-0.4, -0.2) is 41.0 Å². The van der Waals surface area contributed by atoms with E-state index in [1.54, 1.807) is 12.1 Å². The quantitative estimate of drug-likeness (QED) is 0.806. The smallest absolute Gasteiger partial charge is 0.326 e. The number of carboxylic acid groups (broad SMARTS) is 1. The first kappa shape index (κ1) is 17.5. The summed E-state index contributed by atoms with van der Waals surface area (Å²) in [6.45, 7) is 6.65. The van der Waals surface area contributed by atoms with Gasteiger partial charge in [0.05, 0.1) is 6.54 Å². The van der Waals surface area contributed by atoms with Crippen molar-refractivity contribution >= 4 is 11.9 Å². The number of nitrogens with zero attached hydrogens (tertiary/aromatic N) is 1. The van der Waals surface area contributed by atoms with E-state index in [4.69, 9.17) is 4.42 Å². The lowest BCUT2D eigenvalue weighted by atomic mass is 10.0. The van der Waals surface area contributed by atoms with E-state index >= 15 is 0 Å². The van der Waals surface area contributed by atoms with Gasteiger partial charge >= 0.3 is 5.97 Å². The topological polar surface area (TPSA) is 82.8 Å². The Morgan fingerprint density at radius 3 is 2.57 bits per heavy atom. The minimum Gasteiger partial charge on any atom is -0.480 e. The highest BCUT2D eigenvalue weighted by Gasteiger charge is 2.23. The maximum atomic E-state index is 12.2. The second kappa shape index (κ2) is 8.15. The third-order valence-electron chi connectivity index (χ3n) is 4.02. The highest BCUT2D eigenvalue weighted by Crippen LogP contribution is 2.15. The van der Waals surface area contributed by atoms with Crippen LogP contribution in [0.2, 0.25) is 0 Å². The first-order valence-corrected chi connectivity index (χ1v) is 8.30. The first-order chi connectivity index (χ1) is 11.0. The molecule has 2 heterocycles. The Hall–Kier alpha value is -1.82. The van der Waals surface area contributed by atoms with Gasteiger partial charge in [0.15, 0.2) is 5.76 Å². The molecule has 1 aromatic rings. The van der Waals surface area contributed by atoms with Crippen LogP contribution in [0, 0.1) is 5.92 Å². The lowest BCUT2D eigenvalue weighted by Crippen LogP contribution is -2.41. The van der Waals surface area contributed by atoms with Crippen LogP contribution in [0.4, 0.5) is 0 Å². The van der Waals surface area contributed by atoms with Gasteiger partial charge in [-0.1, -0.05) is 20.3 Å². The second-order valence-electron chi connectivity index (χ2n) is 6.60. The minimum absolute atomic E-state index is 0.173. The molecule has 1 amide bonds. The van der Waals surface area contributed by atoms with Crippen LogP contribution < -0.4 is 5.32 Å². The van der Waals surface area contributed by atoms with Crippen molar-refractivity contribution in [1.82, 2.24) is 10.2 Å². The molecule has 6 heteroatoms. The van der Waals surface area contributed by atoms with Crippen LogP contribution >= 0.6 is 0 Å². The predicted octanol–water partition coefficient (Wildman–Crippen LogP) is 2.49. The third kappa shape index (κ3) is 5.39. The SMILES string of the molecule is CC(C)CC(NC(=O)c1ccc(CN2CCCCC2)o1)C(=O)O. The number of rotatable bonds is 7. The molecule has 23 heavy (non-hydrogen) atoms.